The largest absolute Gasteiger partial charge is 0.392 e. The molecule has 7 heteroatoms. The summed E-state index contributed by atoms with van der Waals surface area (Å²) in [5.74, 6) is 0.586. The van der Waals surface area contributed by atoms with Crippen LogP contribution in [0.3, 0.4) is 0 Å². The van der Waals surface area contributed by atoms with E-state index >= 15 is 0 Å². The van der Waals surface area contributed by atoms with E-state index in [1.54, 1.807) is 4.90 Å². The second-order valence-electron chi connectivity index (χ2n) is 5.31. The van der Waals surface area contributed by atoms with E-state index in [0.29, 0.717) is 24.9 Å². The van der Waals surface area contributed by atoms with Crippen LogP contribution in [0.25, 0.3) is 0 Å². The maximum absolute atomic E-state index is 12.4. The van der Waals surface area contributed by atoms with Gasteiger partial charge >= 0.3 is 0 Å². The van der Waals surface area contributed by atoms with E-state index in [9.17, 15) is 14.9 Å². The minimum absolute atomic E-state index is 0.0304. The quantitative estimate of drug-likeness (QED) is 0.516. The molecule has 6 nitrogen and oxygen atoms in total. The number of nitrogen functional groups attached to an aromatic ring is 1. The van der Waals surface area contributed by atoms with Crippen LogP contribution in [0.2, 0.25) is 5.02 Å². The maximum Gasteiger partial charge on any atom is 0.294 e. The summed E-state index contributed by atoms with van der Waals surface area (Å²) in [6, 6.07) is 2.58. The lowest BCUT2D eigenvalue weighted by Gasteiger charge is -2.16. The Morgan fingerprint density at radius 1 is 1.40 bits per heavy atom. The van der Waals surface area contributed by atoms with Crippen LogP contribution in [0, 0.1) is 22.0 Å². The molecule has 0 saturated carbocycles. The zero-order valence-corrected chi connectivity index (χ0v) is 12.1. The lowest BCUT2D eigenvalue weighted by molar-refractivity contribution is -0.383. The first-order chi connectivity index (χ1) is 9.31. The van der Waals surface area contributed by atoms with E-state index in [1.165, 1.54) is 12.1 Å². The van der Waals surface area contributed by atoms with Gasteiger partial charge in [-0.05, 0) is 17.9 Å². The summed E-state index contributed by atoms with van der Waals surface area (Å²) in [6.45, 7) is 5.46. The van der Waals surface area contributed by atoms with Crippen LogP contribution >= 0.6 is 11.6 Å². The molecule has 2 N–H and O–H groups in total. The molecule has 1 aromatic rings. The van der Waals surface area contributed by atoms with Gasteiger partial charge in [0.25, 0.3) is 11.6 Å². The maximum atomic E-state index is 12.4. The van der Waals surface area contributed by atoms with Gasteiger partial charge in [-0.15, -0.1) is 0 Å². The molecule has 1 aliphatic rings. The topological polar surface area (TPSA) is 89.5 Å². The van der Waals surface area contributed by atoms with Crippen LogP contribution in [0.5, 0.6) is 0 Å². The van der Waals surface area contributed by atoms with Gasteiger partial charge in [0.15, 0.2) is 0 Å². The number of nitro benzene ring substituents is 1. The number of carbonyl (C=O) groups is 1. The van der Waals surface area contributed by atoms with Gasteiger partial charge in [0.05, 0.1) is 9.95 Å². The minimum atomic E-state index is -0.632. The van der Waals surface area contributed by atoms with Crippen LogP contribution in [-0.2, 0) is 0 Å². The highest BCUT2D eigenvalue weighted by Gasteiger charge is 2.31. The fraction of sp³-hybridized carbons (Fsp3) is 0.462. The number of hydrogen-bond acceptors (Lipinski definition) is 4. The van der Waals surface area contributed by atoms with Gasteiger partial charge in [-0.1, -0.05) is 25.4 Å². The Kier molecular flexibility index (Phi) is 3.85. The first-order valence-corrected chi connectivity index (χ1v) is 6.71. The Balaban J connectivity index is 2.34. The zero-order valence-electron chi connectivity index (χ0n) is 11.3. The number of nitrogens with zero attached hydrogens (tertiary/aromatic N) is 2. The van der Waals surface area contributed by atoms with Crippen molar-refractivity contribution >= 4 is 28.9 Å². The summed E-state index contributed by atoms with van der Waals surface area (Å²) >= 11 is 5.87. The number of nitrogens with two attached hydrogens (primary N) is 1. The summed E-state index contributed by atoms with van der Waals surface area (Å²) in [6.07, 6.45) is 0. The number of anilines is 1. The molecular weight excluding hydrogens is 282 g/mol. The summed E-state index contributed by atoms with van der Waals surface area (Å²) < 4.78 is 0. The van der Waals surface area contributed by atoms with Crippen LogP contribution in [0.4, 0.5) is 11.4 Å². The third kappa shape index (κ3) is 2.56. The highest BCUT2D eigenvalue weighted by Crippen LogP contribution is 2.32. The fourth-order valence-corrected chi connectivity index (χ4v) is 2.57. The predicted molar refractivity (Wildman–Crippen MR) is 76.8 cm³/mol. The average molecular weight is 298 g/mol. The lowest BCUT2D eigenvalue weighted by atomic mass is 10.0. The number of halogens is 1. The number of hydrogen-bond donors (Lipinski definition) is 1. The fourth-order valence-electron chi connectivity index (χ4n) is 2.36. The van der Waals surface area contributed by atoms with E-state index in [0.717, 1.165) is 0 Å². The Morgan fingerprint density at radius 3 is 2.45 bits per heavy atom. The third-order valence-corrected chi connectivity index (χ3v) is 4.14. The molecule has 1 heterocycles. The van der Waals surface area contributed by atoms with E-state index in [4.69, 9.17) is 17.3 Å². The first-order valence-electron chi connectivity index (χ1n) is 6.34. The number of benzene rings is 1. The Hall–Kier alpha value is -1.82. The molecule has 0 aromatic heterocycles. The monoisotopic (exact) mass is 297 g/mol. The van der Waals surface area contributed by atoms with Gasteiger partial charge in [0.1, 0.15) is 5.69 Å². The van der Waals surface area contributed by atoms with Crippen molar-refractivity contribution in [1.29, 1.82) is 0 Å². The molecule has 2 unspecified atom stereocenters. The van der Waals surface area contributed by atoms with E-state index < -0.39 is 4.92 Å². The smallest absolute Gasteiger partial charge is 0.294 e. The molecule has 0 aliphatic carbocycles. The molecule has 1 saturated heterocycles. The summed E-state index contributed by atoms with van der Waals surface area (Å²) in [5.41, 5.74) is 5.31. The predicted octanol–water partition coefficient (Wildman–Crippen LogP) is 2.56. The minimum Gasteiger partial charge on any atom is -0.392 e. The van der Waals surface area contributed by atoms with Gasteiger partial charge in [-0.25, -0.2) is 0 Å². The molecule has 1 fully saturated rings. The summed E-state index contributed by atoms with van der Waals surface area (Å²) in [5, 5.41) is 10.9. The summed E-state index contributed by atoms with van der Waals surface area (Å²) in [7, 11) is 0. The standard InChI is InChI=1S/C13H16ClN3O3/c1-7-5-16(6-8(7)2)13(18)9-3-10(14)12(15)11(4-9)17(19)20/h3-4,7-8H,5-6,15H2,1-2H3. The molecule has 108 valence electrons. The van der Waals surface area contributed by atoms with Crippen molar-refractivity contribution in [3.8, 4) is 0 Å². The Bertz CT molecular complexity index is 566. The van der Waals surface area contributed by atoms with Gasteiger partial charge in [-0.2, -0.15) is 0 Å². The Labute approximate surface area is 121 Å². The molecule has 1 aliphatic heterocycles. The highest BCUT2D eigenvalue weighted by atomic mass is 35.5. The molecular formula is C13H16ClN3O3. The van der Waals surface area contributed by atoms with E-state index in [2.05, 4.69) is 13.8 Å². The van der Waals surface area contributed by atoms with Crippen LogP contribution in [-0.4, -0.2) is 28.8 Å². The number of amides is 1. The lowest BCUT2D eigenvalue weighted by Crippen LogP contribution is -2.29. The van der Waals surface area contributed by atoms with Crippen molar-refractivity contribution in [1.82, 2.24) is 4.90 Å². The number of rotatable bonds is 2. The van der Waals surface area contributed by atoms with Gasteiger partial charge in [0, 0.05) is 24.7 Å². The van der Waals surface area contributed by atoms with Gasteiger partial charge in [0.2, 0.25) is 0 Å². The molecule has 1 amide bonds. The van der Waals surface area contributed by atoms with E-state index in [-0.39, 0.29) is 27.9 Å². The normalized spacial score (nSPS) is 22.1. The van der Waals surface area contributed by atoms with Crippen LogP contribution in [0.1, 0.15) is 24.2 Å². The van der Waals surface area contributed by atoms with Crippen molar-refractivity contribution in [3.05, 3.63) is 32.8 Å². The van der Waals surface area contributed by atoms with Gasteiger partial charge in [-0.3, -0.25) is 14.9 Å². The molecule has 0 radical (unpaired) electrons. The molecule has 0 bridgehead atoms. The molecule has 20 heavy (non-hydrogen) atoms. The third-order valence-electron chi connectivity index (χ3n) is 3.83. The van der Waals surface area contributed by atoms with Crippen molar-refractivity contribution in [3.63, 3.8) is 0 Å². The zero-order chi connectivity index (χ0) is 15.0. The molecule has 0 spiro atoms. The van der Waals surface area contributed by atoms with Crippen molar-refractivity contribution in [2.45, 2.75) is 13.8 Å². The average Bonchev–Trinajstić information content (AvgIpc) is 2.71. The number of carbonyl (C=O) groups excluding carboxylic acids is 1. The number of nitro groups is 1. The van der Waals surface area contributed by atoms with Gasteiger partial charge < -0.3 is 10.6 Å². The molecule has 2 rings (SSSR count). The van der Waals surface area contributed by atoms with Crippen molar-refractivity contribution in [2.24, 2.45) is 11.8 Å². The summed E-state index contributed by atoms with van der Waals surface area (Å²) in [4.78, 5) is 24.4. The Morgan fingerprint density at radius 2 is 1.95 bits per heavy atom. The second-order valence-corrected chi connectivity index (χ2v) is 5.72. The highest BCUT2D eigenvalue weighted by molar-refractivity contribution is 6.34. The molecule has 1 aromatic carbocycles. The first kappa shape index (κ1) is 14.6. The van der Waals surface area contributed by atoms with Crippen LogP contribution in [0.15, 0.2) is 12.1 Å². The second kappa shape index (κ2) is 5.28. The van der Waals surface area contributed by atoms with Crippen LogP contribution < -0.4 is 5.73 Å². The van der Waals surface area contributed by atoms with E-state index in [1.807, 2.05) is 0 Å². The SMILES string of the molecule is CC1CN(C(=O)c2cc(Cl)c(N)c([N+](=O)[O-])c2)CC1C. The number of likely N-dealkylation sites (tertiary alicyclic amines) is 1. The molecule has 2 atom stereocenters. The van der Waals surface area contributed by atoms with Crippen molar-refractivity contribution in [2.75, 3.05) is 18.8 Å². The van der Waals surface area contributed by atoms with Crippen molar-refractivity contribution < 1.29 is 9.72 Å².